The summed E-state index contributed by atoms with van der Waals surface area (Å²) in [5.41, 5.74) is 0. The molecule has 3 heteroatoms. The van der Waals surface area contributed by atoms with Crippen molar-refractivity contribution in [2.45, 2.75) is 17.9 Å². The highest BCUT2D eigenvalue weighted by Gasteiger charge is 2.21. The number of hydrogen-bond acceptors (Lipinski definition) is 3. The molecule has 1 atom stereocenters. The summed E-state index contributed by atoms with van der Waals surface area (Å²) in [6, 6.07) is 11.3. The van der Waals surface area contributed by atoms with Crippen LogP contribution in [0.3, 0.4) is 0 Å². The van der Waals surface area contributed by atoms with Crippen molar-refractivity contribution in [3.05, 3.63) is 30.3 Å². The Morgan fingerprint density at radius 1 is 1.20 bits per heavy atom. The van der Waals surface area contributed by atoms with Crippen LogP contribution < -0.4 is 0 Å². The van der Waals surface area contributed by atoms with Gasteiger partial charge in [-0.2, -0.15) is 0 Å². The van der Waals surface area contributed by atoms with Crippen LogP contribution in [0.5, 0.6) is 0 Å². The van der Waals surface area contributed by atoms with E-state index in [1.807, 2.05) is 11.9 Å². The van der Waals surface area contributed by atoms with E-state index in [0.717, 1.165) is 6.54 Å². The normalized spacial score (nSPS) is 24.3. The van der Waals surface area contributed by atoms with Crippen LogP contribution in [-0.2, 0) is 0 Å². The van der Waals surface area contributed by atoms with E-state index in [-0.39, 0.29) is 0 Å². The summed E-state index contributed by atoms with van der Waals surface area (Å²) >= 11 is 1.88. The second-order valence-corrected chi connectivity index (χ2v) is 5.28. The lowest BCUT2D eigenvalue weighted by Gasteiger charge is -2.37. The van der Waals surface area contributed by atoms with Gasteiger partial charge in [-0.05, 0) is 38.1 Å². The van der Waals surface area contributed by atoms with Crippen molar-refractivity contribution in [1.82, 2.24) is 9.21 Å². The van der Waals surface area contributed by atoms with Gasteiger partial charge in [0.1, 0.15) is 0 Å². The van der Waals surface area contributed by atoms with Crippen LogP contribution in [-0.4, -0.2) is 41.9 Å². The first-order valence-corrected chi connectivity index (χ1v) is 6.21. The van der Waals surface area contributed by atoms with Crippen LogP contribution in [0.1, 0.15) is 6.92 Å². The summed E-state index contributed by atoms with van der Waals surface area (Å²) in [6.45, 7) is 5.78. The van der Waals surface area contributed by atoms with Gasteiger partial charge in [0.15, 0.2) is 0 Å². The summed E-state index contributed by atoms with van der Waals surface area (Å²) in [6.07, 6.45) is 0. The molecule has 1 saturated heterocycles. The SMILES string of the molecule is CC1CN(C)CCN1Sc1ccccc1. The molecule has 0 bridgehead atoms. The summed E-state index contributed by atoms with van der Waals surface area (Å²) in [7, 11) is 2.20. The number of rotatable bonds is 2. The zero-order valence-corrected chi connectivity index (χ0v) is 10.2. The van der Waals surface area contributed by atoms with Crippen LogP contribution in [0.15, 0.2) is 35.2 Å². The number of likely N-dealkylation sites (N-methyl/N-ethyl adjacent to an activating group) is 1. The highest BCUT2D eigenvalue weighted by atomic mass is 32.2. The molecule has 1 aromatic carbocycles. The third-order valence-electron chi connectivity index (χ3n) is 2.74. The largest absolute Gasteiger partial charge is 0.303 e. The van der Waals surface area contributed by atoms with Crippen molar-refractivity contribution < 1.29 is 0 Å². The molecule has 1 aliphatic rings. The maximum atomic E-state index is 2.48. The second-order valence-electron chi connectivity index (χ2n) is 4.16. The van der Waals surface area contributed by atoms with Gasteiger partial charge in [-0.15, -0.1) is 0 Å². The average molecular weight is 222 g/mol. The van der Waals surface area contributed by atoms with E-state index in [4.69, 9.17) is 0 Å². The minimum absolute atomic E-state index is 0.633. The lowest BCUT2D eigenvalue weighted by Crippen LogP contribution is -2.47. The Bertz CT molecular complexity index is 302. The lowest BCUT2D eigenvalue weighted by atomic mass is 10.2. The Morgan fingerprint density at radius 2 is 1.93 bits per heavy atom. The molecular weight excluding hydrogens is 204 g/mol. The highest BCUT2D eigenvalue weighted by Crippen LogP contribution is 2.26. The van der Waals surface area contributed by atoms with Crippen LogP contribution in [0.2, 0.25) is 0 Å². The van der Waals surface area contributed by atoms with Gasteiger partial charge in [0.2, 0.25) is 0 Å². The molecule has 2 nitrogen and oxygen atoms in total. The highest BCUT2D eigenvalue weighted by molar-refractivity contribution is 7.97. The summed E-state index contributed by atoms with van der Waals surface area (Å²) in [5.74, 6) is 0. The predicted molar refractivity (Wildman–Crippen MR) is 66.0 cm³/mol. The number of piperazine rings is 1. The maximum absolute atomic E-state index is 2.48. The Hall–Kier alpha value is -0.510. The first-order chi connectivity index (χ1) is 7.25. The van der Waals surface area contributed by atoms with Crippen LogP contribution >= 0.6 is 11.9 Å². The minimum atomic E-state index is 0.633. The molecule has 1 fully saturated rings. The summed E-state index contributed by atoms with van der Waals surface area (Å²) in [5, 5.41) is 0. The van der Waals surface area contributed by atoms with Gasteiger partial charge in [0, 0.05) is 30.6 Å². The molecule has 0 aromatic heterocycles. The van der Waals surface area contributed by atoms with Crippen molar-refractivity contribution >= 4 is 11.9 Å². The second kappa shape index (κ2) is 5.01. The number of benzene rings is 1. The van der Waals surface area contributed by atoms with Gasteiger partial charge >= 0.3 is 0 Å². The fourth-order valence-corrected chi connectivity index (χ4v) is 2.84. The van der Waals surface area contributed by atoms with Crippen molar-refractivity contribution in [2.24, 2.45) is 0 Å². The lowest BCUT2D eigenvalue weighted by molar-refractivity contribution is 0.181. The average Bonchev–Trinajstić information content (AvgIpc) is 2.24. The molecule has 0 aliphatic carbocycles. The molecule has 2 rings (SSSR count). The predicted octanol–water partition coefficient (Wildman–Crippen LogP) is 2.33. The van der Waals surface area contributed by atoms with Crippen molar-refractivity contribution in [3.63, 3.8) is 0 Å². The van der Waals surface area contributed by atoms with Crippen LogP contribution in [0.25, 0.3) is 0 Å². The van der Waals surface area contributed by atoms with E-state index in [1.165, 1.54) is 18.0 Å². The Morgan fingerprint density at radius 3 is 2.60 bits per heavy atom. The van der Waals surface area contributed by atoms with Gasteiger partial charge in [0.05, 0.1) is 0 Å². The zero-order chi connectivity index (χ0) is 10.7. The molecule has 1 aromatic rings. The smallest absolute Gasteiger partial charge is 0.0305 e. The Balaban J connectivity index is 1.95. The van der Waals surface area contributed by atoms with E-state index in [2.05, 4.69) is 53.5 Å². The quantitative estimate of drug-likeness (QED) is 0.709. The third-order valence-corrected chi connectivity index (χ3v) is 4.00. The Labute approximate surface area is 96.4 Å². The summed E-state index contributed by atoms with van der Waals surface area (Å²) in [4.78, 5) is 3.74. The molecule has 82 valence electrons. The standard InChI is InChI=1S/C12H18N2S/c1-11-10-13(2)8-9-14(11)15-12-6-4-3-5-7-12/h3-7,11H,8-10H2,1-2H3. The first-order valence-electron chi connectivity index (χ1n) is 5.44. The molecule has 0 spiro atoms. The van der Waals surface area contributed by atoms with Crippen molar-refractivity contribution in [2.75, 3.05) is 26.7 Å². The fraction of sp³-hybridized carbons (Fsp3) is 0.500. The molecule has 0 N–H and O–H groups in total. The molecule has 1 unspecified atom stereocenters. The molecule has 0 saturated carbocycles. The van der Waals surface area contributed by atoms with Gasteiger partial charge < -0.3 is 4.90 Å². The fourth-order valence-electron chi connectivity index (χ4n) is 1.88. The topological polar surface area (TPSA) is 6.48 Å². The maximum Gasteiger partial charge on any atom is 0.0305 e. The van der Waals surface area contributed by atoms with E-state index >= 15 is 0 Å². The van der Waals surface area contributed by atoms with E-state index < -0.39 is 0 Å². The molecule has 15 heavy (non-hydrogen) atoms. The molecule has 0 radical (unpaired) electrons. The van der Waals surface area contributed by atoms with E-state index in [9.17, 15) is 0 Å². The molecule has 0 amide bonds. The van der Waals surface area contributed by atoms with Gasteiger partial charge in [-0.3, -0.25) is 0 Å². The monoisotopic (exact) mass is 222 g/mol. The van der Waals surface area contributed by atoms with Gasteiger partial charge in [0.25, 0.3) is 0 Å². The summed E-state index contributed by atoms with van der Waals surface area (Å²) < 4.78 is 2.48. The molecule has 1 heterocycles. The van der Waals surface area contributed by atoms with Crippen molar-refractivity contribution in [1.29, 1.82) is 0 Å². The van der Waals surface area contributed by atoms with Crippen LogP contribution in [0, 0.1) is 0 Å². The third kappa shape index (κ3) is 2.97. The first kappa shape index (κ1) is 11.0. The number of hydrogen-bond donors (Lipinski definition) is 0. The van der Waals surface area contributed by atoms with Crippen molar-refractivity contribution in [3.8, 4) is 0 Å². The van der Waals surface area contributed by atoms with Gasteiger partial charge in [-0.1, -0.05) is 18.2 Å². The zero-order valence-electron chi connectivity index (χ0n) is 9.39. The minimum Gasteiger partial charge on any atom is -0.303 e. The number of nitrogens with zero attached hydrogens (tertiary/aromatic N) is 2. The van der Waals surface area contributed by atoms with Crippen LogP contribution in [0.4, 0.5) is 0 Å². The van der Waals surface area contributed by atoms with Gasteiger partial charge in [-0.25, -0.2) is 4.31 Å². The van der Waals surface area contributed by atoms with E-state index in [0.29, 0.717) is 6.04 Å². The molecule has 1 aliphatic heterocycles. The Kier molecular flexibility index (Phi) is 3.67. The molecular formula is C12H18N2S. The van der Waals surface area contributed by atoms with E-state index in [1.54, 1.807) is 0 Å².